The van der Waals surface area contributed by atoms with Crippen molar-refractivity contribution >= 4 is 11.7 Å². The summed E-state index contributed by atoms with van der Waals surface area (Å²) < 4.78 is 7.34. The molecule has 1 saturated heterocycles. The van der Waals surface area contributed by atoms with Crippen molar-refractivity contribution in [1.82, 2.24) is 14.9 Å². The van der Waals surface area contributed by atoms with Crippen LogP contribution >= 0.6 is 0 Å². The Labute approximate surface area is 152 Å². The minimum absolute atomic E-state index is 0.0416. The molecule has 0 atom stereocenters. The smallest absolute Gasteiger partial charge is 0.223 e. The molecular weight excluding hydrogens is 328 g/mol. The van der Waals surface area contributed by atoms with Crippen LogP contribution in [0.25, 0.3) is 5.69 Å². The van der Waals surface area contributed by atoms with Gasteiger partial charge in [0.25, 0.3) is 0 Å². The molecular formula is C20H22N4O2. The van der Waals surface area contributed by atoms with Crippen LogP contribution in [0.3, 0.4) is 0 Å². The summed E-state index contributed by atoms with van der Waals surface area (Å²) in [6, 6.07) is 11.7. The van der Waals surface area contributed by atoms with E-state index >= 15 is 0 Å². The number of piperidine rings is 1. The zero-order chi connectivity index (χ0) is 17.8. The molecule has 6 heteroatoms. The Hall–Kier alpha value is -3.02. The Morgan fingerprint density at radius 1 is 1.15 bits per heavy atom. The van der Waals surface area contributed by atoms with Crippen LogP contribution in [0, 0.1) is 5.92 Å². The largest absolute Gasteiger partial charge is 0.467 e. The lowest BCUT2D eigenvalue weighted by Crippen LogP contribution is -2.41. The SMILES string of the molecule is O=C(NCc1ccco1)C1CCN(c2ncccc2-n2cccc2)CC1. The average Bonchev–Trinajstić information content (AvgIpc) is 3.40. The number of hydrogen-bond acceptors (Lipinski definition) is 4. The number of amides is 1. The molecule has 134 valence electrons. The van der Waals surface area contributed by atoms with Gasteiger partial charge in [-0.15, -0.1) is 0 Å². The normalized spacial score (nSPS) is 15.2. The highest BCUT2D eigenvalue weighted by Gasteiger charge is 2.26. The van der Waals surface area contributed by atoms with Gasteiger partial charge in [-0.1, -0.05) is 0 Å². The summed E-state index contributed by atoms with van der Waals surface area (Å²) in [5.41, 5.74) is 1.07. The Bertz CT molecular complexity index is 835. The van der Waals surface area contributed by atoms with Crippen molar-refractivity contribution in [2.24, 2.45) is 5.92 Å². The number of anilines is 1. The predicted molar refractivity (Wildman–Crippen MR) is 99.1 cm³/mol. The molecule has 6 nitrogen and oxygen atoms in total. The molecule has 4 heterocycles. The van der Waals surface area contributed by atoms with Gasteiger partial charge in [0.1, 0.15) is 5.76 Å². The summed E-state index contributed by atoms with van der Waals surface area (Å²) in [4.78, 5) is 19.3. The van der Waals surface area contributed by atoms with Crippen molar-refractivity contribution in [3.05, 3.63) is 67.0 Å². The van der Waals surface area contributed by atoms with Gasteiger partial charge in [0.2, 0.25) is 5.91 Å². The van der Waals surface area contributed by atoms with Crippen molar-refractivity contribution in [2.75, 3.05) is 18.0 Å². The van der Waals surface area contributed by atoms with Crippen molar-refractivity contribution in [3.8, 4) is 5.69 Å². The molecule has 3 aromatic rings. The first-order chi connectivity index (χ1) is 12.8. The van der Waals surface area contributed by atoms with E-state index in [2.05, 4.69) is 25.8 Å². The first-order valence-electron chi connectivity index (χ1n) is 8.94. The summed E-state index contributed by atoms with van der Waals surface area (Å²) in [5.74, 6) is 1.89. The van der Waals surface area contributed by atoms with Gasteiger partial charge in [0.05, 0.1) is 18.5 Å². The summed E-state index contributed by atoms with van der Waals surface area (Å²) in [6.45, 7) is 2.10. The van der Waals surface area contributed by atoms with Gasteiger partial charge in [-0.05, 0) is 49.2 Å². The molecule has 1 aliphatic rings. The lowest BCUT2D eigenvalue weighted by Gasteiger charge is -2.33. The quantitative estimate of drug-likeness (QED) is 0.768. The molecule has 0 saturated carbocycles. The maximum absolute atomic E-state index is 12.4. The van der Waals surface area contributed by atoms with Crippen molar-refractivity contribution in [3.63, 3.8) is 0 Å². The summed E-state index contributed by atoms with van der Waals surface area (Å²) >= 11 is 0. The fourth-order valence-electron chi connectivity index (χ4n) is 3.41. The average molecular weight is 350 g/mol. The minimum atomic E-state index is 0.0416. The second-order valence-corrected chi connectivity index (χ2v) is 6.49. The summed E-state index contributed by atoms with van der Waals surface area (Å²) in [7, 11) is 0. The third-order valence-electron chi connectivity index (χ3n) is 4.83. The highest BCUT2D eigenvalue weighted by molar-refractivity contribution is 5.79. The molecule has 0 bridgehead atoms. The van der Waals surface area contributed by atoms with Crippen molar-refractivity contribution < 1.29 is 9.21 Å². The lowest BCUT2D eigenvalue weighted by molar-refractivity contribution is -0.125. The van der Waals surface area contributed by atoms with Crippen LogP contribution in [0.5, 0.6) is 0 Å². The van der Waals surface area contributed by atoms with E-state index in [0.29, 0.717) is 6.54 Å². The van der Waals surface area contributed by atoms with Gasteiger partial charge in [0.15, 0.2) is 5.82 Å². The lowest BCUT2D eigenvalue weighted by atomic mass is 9.96. The Kier molecular flexibility index (Phi) is 4.73. The maximum atomic E-state index is 12.4. The van der Waals surface area contributed by atoms with Gasteiger partial charge < -0.3 is 19.2 Å². The van der Waals surface area contributed by atoms with E-state index < -0.39 is 0 Å². The number of carbonyl (C=O) groups excluding carboxylic acids is 1. The third kappa shape index (κ3) is 3.49. The second kappa shape index (κ2) is 7.47. The monoisotopic (exact) mass is 350 g/mol. The summed E-state index contributed by atoms with van der Waals surface area (Å²) in [5, 5.41) is 2.97. The van der Waals surface area contributed by atoms with E-state index in [1.807, 2.05) is 48.9 Å². The standard InChI is InChI=1S/C20H22N4O2/c25-20(22-15-17-5-4-14-26-17)16-7-12-24(13-8-16)19-18(6-3-9-21-19)23-10-1-2-11-23/h1-6,9-11,14,16H,7-8,12-13,15H2,(H,22,25). The highest BCUT2D eigenvalue weighted by atomic mass is 16.3. The van der Waals surface area contributed by atoms with Crippen molar-refractivity contribution in [2.45, 2.75) is 19.4 Å². The topological polar surface area (TPSA) is 63.3 Å². The fourth-order valence-corrected chi connectivity index (χ4v) is 3.41. The molecule has 3 aromatic heterocycles. The molecule has 1 aliphatic heterocycles. The van der Waals surface area contributed by atoms with Crippen LogP contribution in [0.15, 0.2) is 65.7 Å². The Morgan fingerprint density at radius 3 is 2.69 bits per heavy atom. The van der Waals surface area contributed by atoms with Crippen LogP contribution in [0.4, 0.5) is 5.82 Å². The molecule has 0 aromatic carbocycles. The number of hydrogen-bond donors (Lipinski definition) is 1. The van der Waals surface area contributed by atoms with E-state index in [9.17, 15) is 4.79 Å². The molecule has 26 heavy (non-hydrogen) atoms. The van der Waals surface area contributed by atoms with Crippen LogP contribution < -0.4 is 10.2 Å². The van der Waals surface area contributed by atoms with Gasteiger partial charge >= 0.3 is 0 Å². The molecule has 1 N–H and O–H groups in total. The van der Waals surface area contributed by atoms with Crippen molar-refractivity contribution in [1.29, 1.82) is 0 Å². The Morgan fingerprint density at radius 2 is 1.96 bits per heavy atom. The minimum Gasteiger partial charge on any atom is -0.467 e. The van der Waals surface area contributed by atoms with E-state index in [1.54, 1.807) is 6.26 Å². The van der Waals surface area contributed by atoms with E-state index in [4.69, 9.17) is 4.42 Å². The Balaban J connectivity index is 1.37. The summed E-state index contributed by atoms with van der Waals surface area (Å²) in [6.07, 6.45) is 9.14. The first kappa shape index (κ1) is 16.4. The number of carbonyl (C=O) groups is 1. The van der Waals surface area contributed by atoms with E-state index in [1.165, 1.54) is 0 Å². The van der Waals surface area contributed by atoms with E-state index in [0.717, 1.165) is 43.2 Å². The zero-order valence-corrected chi connectivity index (χ0v) is 14.5. The highest BCUT2D eigenvalue weighted by Crippen LogP contribution is 2.27. The number of aromatic nitrogens is 2. The molecule has 0 unspecified atom stereocenters. The number of nitrogens with one attached hydrogen (secondary N) is 1. The zero-order valence-electron chi connectivity index (χ0n) is 14.5. The number of pyridine rings is 1. The number of furan rings is 1. The molecule has 0 radical (unpaired) electrons. The number of nitrogens with zero attached hydrogens (tertiary/aromatic N) is 3. The van der Waals surface area contributed by atoms with Gasteiger partial charge in [0, 0.05) is 37.6 Å². The molecule has 0 spiro atoms. The van der Waals surface area contributed by atoms with Gasteiger partial charge in [-0.3, -0.25) is 4.79 Å². The van der Waals surface area contributed by atoms with Crippen LogP contribution in [-0.4, -0.2) is 28.5 Å². The third-order valence-corrected chi connectivity index (χ3v) is 4.83. The van der Waals surface area contributed by atoms with Gasteiger partial charge in [-0.25, -0.2) is 4.98 Å². The predicted octanol–water partition coefficient (Wildman–Crippen LogP) is 3.00. The van der Waals surface area contributed by atoms with Crippen LogP contribution in [0.1, 0.15) is 18.6 Å². The molecule has 1 amide bonds. The maximum Gasteiger partial charge on any atom is 0.223 e. The molecule has 0 aliphatic carbocycles. The van der Waals surface area contributed by atoms with Crippen LogP contribution in [0.2, 0.25) is 0 Å². The second-order valence-electron chi connectivity index (χ2n) is 6.49. The van der Waals surface area contributed by atoms with Gasteiger partial charge in [-0.2, -0.15) is 0 Å². The van der Waals surface area contributed by atoms with E-state index in [-0.39, 0.29) is 11.8 Å². The fraction of sp³-hybridized carbons (Fsp3) is 0.300. The first-order valence-corrected chi connectivity index (χ1v) is 8.94. The number of rotatable bonds is 5. The molecule has 1 fully saturated rings. The van der Waals surface area contributed by atoms with Crippen LogP contribution in [-0.2, 0) is 11.3 Å². The molecule has 4 rings (SSSR count).